The van der Waals surface area contributed by atoms with Gasteiger partial charge in [-0.25, -0.2) is 13.8 Å². The number of nitrogens with zero attached hydrogens (tertiary/aromatic N) is 2. The van der Waals surface area contributed by atoms with E-state index in [0.29, 0.717) is 33.4 Å². The molecule has 0 saturated carbocycles. The lowest BCUT2D eigenvalue weighted by Crippen LogP contribution is -2.15. The third-order valence-corrected chi connectivity index (χ3v) is 4.50. The Morgan fingerprint density at radius 3 is 2.85 bits per heavy atom. The monoisotopic (exact) mass is 410 g/mol. The highest BCUT2D eigenvalue weighted by Crippen LogP contribution is 2.31. The molecule has 0 bridgehead atoms. The predicted octanol–water partition coefficient (Wildman–Crippen LogP) is 4.14. The molecule has 0 radical (unpaired) electrons. The Balaban J connectivity index is 1.64. The first-order valence-electron chi connectivity index (χ1n) is 7.60. The highest BCUT2D eigenvalue weighted by Gasteiger charge is 2.14. The molecule has 27 heavy (non-hydrogen) atoms. The summed E-state index contributed by atoms with van der Waals surface area (Å²) in [5.74, 6) is -1.09. The van der Waals surface area contributed by atoms with Crippen molar-refractivity contribution in [3.8, 4) is 17.1 Å². The van der Waals surface area contributed by atoms with Crippen LogP contribution in [0.1, 0.15) is 0 Å². The van der Waals surface area contributed by atoms with Gasteiger partial charge in [0.25, 0.3) is 0 Å². The Morgan fingerprint density at radius 2 is 2.11 bits per heavy atom. The molecule has 0 atom stereocenters. The van der Waals surface area contributed by atoms with E-state index in [2.05, 4.69) is 20.5 Å². The van der Waals surface area contributed by atoms with Crippen LogP contribution in [0.25, 0.3) is 11.4 Å². The minimum atomic E-state index is -0.846. The first-order valence-corrected chi connectivity index (χ1v) is 8.96. The molecule has 140 valence electrons. The largest absolute Gasteiger partial charge is 0.496 e. The lowest BCUT2D eigenvalue weighted by atomic mass is 10.2. The third kappa shape index (κ3) is 4.75. The average molecular weight is 411 g/mol. The van der Waals surface area contributed by atoms with Crippen molar-refractivity contribution in [2.75, 3.05) is 18.2 Å². The molecule has 3 aromatic rings. The number of hydrogen-bond donors (Lipinski definition) is 2. The van der Waals surface area contributed by atoms with Crippen molar-refractivity contribution >= 4 is 35.0 Å². The molecule has 0 aliphatic carbocycles. The van der Waals surface area contributed by atoms with Crippen LogP contribution in [0.2, 0.25) is 5.02 Å². The van der Waals surface area contributed by atoms with Gasteiger partial charge in [-0.05, 0) is 30.3 Å². The fourth-order valence-electron chi connectivity index (χ4n) is 2.20. The van der Waals surface area contributed by atoms with E-state index in [9.17, 15) is 13.6 Å². The molecule has 0 unspecified atom stereocenters. The van der Waals surface area contributed by atoms with Crippen molar-refractivity contribution < 1.29 is 18.3 Å². The number of anilines is 1. The third-order valence-electron chi connectivity index (χ3n) is 3.42. The molecule has 10 heteroatoms. The van der Waals surface area contributed by atoms with E-state index in [1.165, 1.54) is 7.11 Å². The number of carbonyl (C=O) groups is 1. The van der Waals surface area contributed by atoms with E-state index >= 15 is 0 Å². The zero-order chi connectivity index (χ0) is 19.4. The second kappa shape index (κ2) is 8.36. The zero-order valence-corrected chi connectivity index (χ0v) is 15.5. The maximum atomic E-state index is 13.6. The van der Waals surface area contributed by atoms with E-state index in [4.69, 9.17) is 16.3 Å². The van der Waals surface area contributed by atoms with Gasteiger partial charge in [0.05, 0.1) is 24.1 Å². The number of aromatic nitrogens is 3. The highest BCUT2D eigenvalue weighted by molar-refractivity contribution is 7.99. The average Bonchev–Trinajstić information content (AvgIpc) is 3.11. The minimum absolute atomic E-state index is 0.0548. The predicted molar refractivity (Wildman–Crippen MR) is 99.1 cm³/mol. The van der Waals surface area contributed by atoms with Gasteiger partial charge < -0.3 is 10.1 Å². The Bertz CT molecular complexity index is 983. The number of aromatic amines is 1. The number of hydrogen-bond acceptors (Lipinski definition) is 5. The van der Waals surface area contributed by atoms with Crippen LogP contribution < -0.4 is 10.1 Å². The Kier molecular flexibility index (Phi) is 5.92. The summed E-state index contributed by atoms with van der Waals surface area (Å²) in [6.45, 7) is 0. The second-order valence-corrected chi connectivity index (χ2v) is 6.65. The Morgan fingerprint density at radius 1 is 1.30 bits per heavy atom. The SMILES string of the molecule is COc1ccc(Cl)cc1-c1nc(SCC(=O)Nc2ccc(F)cc2F)n[nH]1. The zero-order valence-electron chi connectivity index (χ0n) is 13.9. The molecule has 3 rings (SSSR count). The summed E-state index contributed by atoms with van der Waals surface area (Å²) < 4.78 is 31.7. The number of halogens is 3. The van der Waals surface area contributed by atoms with Gasteiger partial charge in [0.1, 0.15) is 17.4 Å². The lowest BCUT2D eigenvalue weighted by Gasteiger charge is -2.06. The maximum Gasteiger partial charge on any atom is 0.234 e. The standard InChI is InChI=1S/C17H13ClF2N4O2S/c1-26-14-5-2-9(18)6-11(14)16-22-17(24-23-16)27-8-15(25)21-13-4-3-10(19)7-12(13)20/h2-7H,8H2,1H3,(H,21,25)(H,22,23,24). The van der Waals surface area contributed by atoms with Gasteiger partial charge in [0, 0.05) is 11.1 Å². The molecule has 2 N–H and O–H groups in total. The van der Waals surface area contributed by atoms with Crippen molar-refractivity contribution in [3.05, 3.63) is 53.1 Å². The fraction of sp³-hybridized carbons (Fsp3) is 0.118. The quantitative estimate of drug-likeness (QED) is 0.597. The van der Waals surface area contributed by atoms with Gasteiger partial charge in [-0.15, -0.1) is 5.10 Å². The molecular weight excluding hydrogens is 398 g/mol. The van der Waals surface area contributed by atoms with E-state index in [1.54, 1.807) is 18.2 Å². The minimum Gasteiger partial charge on any atom is -0.496 e. The molecule has 2 aromatic carbocycles. The Hall–Kier alpha value is -2.65. The van der Waals surface area contributed by atoms with Crippen LogP contribution in [0.4, 0.5) is 14.5 Å². The molecule has 6 nitrogen and oxygen atoms in total. The lowest BCUT2D eigenvalue weighted by molar-refractivity contribution is -0.113. The summed E-state index contributed by atoms with van der Waals surface area (Å²) in [4.78, 5) is 16.2. The molecular formula is C17H13ClF2N4O2S. The van der Waals surface area contributed by atoms with Crippen LogP contribution in [0.15, 0.2) is 41.6 Å². The van der Waals surface area contributed by atoms with E-state index < -0.39 is 17.5 Å². The van der Waals surface area contributed by atoms with E-state index in [-0.39, 0.29) is 11.4 Å². The molecule has 0 aliphatic heterocycles. The normalized spacial score (nSPS) is 10.7. The summed E-state index contributed by atoms with van der Waals surface area (Å²) in [5.41, 5.74) is 0.531. The van der Waals surface area contributed by atoms with Crippen LogP contribution in [0, 0.1) is 11.6 Å². The Labute approximate surface area is 162 Å². The van der Waals surface area contributed by atoms with Crippen molar-refractivity contribution in [3.63, 3.8) is 0 Å². The number of benzene rings is 2. The first kappa shape index (κ1) is 19.1. The number of amides is 1. The number of carbonyl (C=O) groups excluding carboxylic acids is 1. The van der Waals surface area contributed by atoms with E-state index in [1.807, 2.05) is 0 Å². The number of thioether (sulfide) groups is 1. The first-order chi connectivity index (χ1) is 13.0. The van der Waals surface area contributed by atoms with Crippen LogP contribution >= 0.6 is 23.4 Å². The van der Waals surface area contributed by atoms with Crippen LogP contribution in [0.3, 0.4) is 0 Å². The van der Waals surface area contributed by atoms with Gasteiger partial charge in [-0.3, -0.25) is 9.89 Å². The maximum absolute atomic E-state index is 13.6. The van der Waals surface area contributed by atoms with Crippen molar-refractivity contribution in [2.45, 2.75) is 5.16 Å². The van der Waals surface area contributed by atoms with Crippen molar-refractivity contribution in [2.24, 2.45) is 0 Å². The second-order valence-electron chi connectivity index (χ2n) is 5.27. The molecule has 0 spiro atoms. The molecule has 0 aliphatic rings. The summed E-state index contributed by atoms with van der Waals surface area (Å²) >= 11 is 7.06. The molecule has 0 saturated heterocycles. The molecule has 1 amide bonds. The summed E-state index contributed by atoms with van der Waals surface area (Å²) in [6, 6.07) is 7.99. The highest BCUT2D eigenvalue weighted by atomic mass is 35.5. The van der Waals surface area contributed by atoms with Gasteiger partial charge in [-0.2, -0.15) is 0 Å². The summed E-state index contributed by atoms with van der Waals surface area (Å²) in [5, 5.41) is 9.99. The van der Waals surface area contributed by atoms with Crippen LogP contribution in [-0.4, -0.2) is 34.0 Å². The van der Waals surface area contributed by atoms with Crippen LogP contribution in [0.5, 0.6) is 5.75 Å². The van der Waals surface area contributed by atoms with Gasteiger partial charge >= 0.3 is 0 Å². The summed E-state index contributed by atoms with van der Waals surface area (Å²) in [6.07, 6.45) is 0. The van der Waals surface area contributed by atoms with E-state index in [0.717, 1.165) is 23.9 Å². The summed E-state index contributed by atoms with van der Waals surface area (Å²) in [7, 11) is 1.53. The van der Waals surface area contributed by atoms with Gasteiger partial charge in [0.15, 0.2) is 5.82 Å². The number of rotatable bonds is 6. The van der Waals surface area contributed by atoms with Crippen molar-refractivity contribution in [1.29, 1.82) is 0 Å². The number of nitrogens with one attached hydrogen (secondary N) is 2. The fourth-order valence-corrected chi connectivity index (χ4v) is 2.97. The topological polar surface area (TPSA) is 79.9 Å². The number of ether oxygens (including phenoxy) is 1. The molecule has 0 fully saturated rings. The van der Waals surface area contributed by atoms with Crippen LogP contribution in [-0.2, 0) is 4.79 Å². The number of methoxy groups -OCH3 is 1. The molecule has 1 heterocycles. The van der Waals surface area contributed by atoms with Gasteiger partial charge in [0.2, 0.25) is 11.1 Å². The van der Waals surface area contributed by atoms with Crippen molar-refractivity contribution in [1.82, 2.24) is 15.2 Å². The molecule has 1 aromatic heterocycles. The number of H-pyrrole nitrogens is 1. The van der Waals surface area contributed by atoms with Gasteiger partial charge in [-0.1, -0.05) is 23.4 Å². The smallest absolute Gasteiger partial charge is 0.234 e.